The first-order chi connectivity index (χ1) is 7.17. The van der Waals surface area contributed by atoms with Crippen LogP contribution in [0, 0.1) is 5.41 Å². The van der Waals surface area contributed by atoms with Crippen LogP contribution in [0.3, 0.4) is 0 Å². The molecule has 0 rings (SSSR count). The zero-order chi connectivity index (χ0) is 13.0. The maximum atomic E-state index is 11.7. The molecule has 0 saturated heterocycles. The molecule has 0 spiro atoms. The van der Waals surface area contributed by atoms with Gasteiger partial charge in [-0.2, -0.15) is 0 Å². The molecule has 1 unspecified atom stereocenters. The highest BCUT2D eigenvalue weighted by molar-refractivity contribution is 6.04. The lowest BCUT2D eigenvalue weighted by Gasteiger charge is -2.35. The topological polar surface area (TPSA) is 89.6 Å². The minimum atomic E-state index is -2.00. The van der Waals surface area contributed by atoms with E-state index in [1.54, 1.807) is 20.8 Å². The Morgan fingerprint density at radius 3 is 2.12 bits per heavy atom. The Kier molecular flexibility index (Phi) is 4.93. The van der Waals surface area contributed by atoms with Crippen molar-refractivity contribution in [3.05, 3.63) is 0 Å². The van der Waals surface area contributed by atoms with Crippen LogP contribution >= 0.6 is 0 Å². The monoisotopic (exact) mass is 231 g/mol. The lowest BCUT2D eigenvalue weighted by atomic mass is 9.74. The summed E-state index contributed by atoms with van der Waals surface area (Å²) >= 11 is 0. The summed E-state index contributed by atoms with van der Waals surface area (Å²) in [6.45, 7) is 6.95. The molecule has 0 aromatic carbocycles. The molecule has 0 aliphatic carbocycles. The van der Waals surface area contributed by atoms with Crippen molar-refractivity contribution in [2.45, 2.75) is 46.1 Å². The fourth-order valence-electron chi connectivity index (χ4n) is 1.14. The number of ether oxygens (including phenoxy) is 1. The number of carbonyl (C=O) groups excluding carboxylic acids is 1. The van der Waals surface area contributed by atoms with Crippen molar-refractivity contribution < 1.29 is 19.4 Å². The fourth-order valence-corrected chi connectivity index (χ4v) is 1.14. The van der Waals surface area contributed by atoms with Crippen LogP contribution in [-0.4, -0.2) is 29.2 Å². The van der Waals surface area contributed by atoms with Crippen LogP contribution < -0.4 is 5.73 Å². The summed E-state index contributed by atoms with van der Waals surface area (Å²) in [5.41, 5.74) is 2.77. The van der Waals surface area contributed by atoms with Gasteiger partial charge in [0.15, 0.2) is 0 Å². The maximum Gasteiger partial charge on any atom is 0.338 e. The molecule has 0 aliphatic heterocycles. The van der Waals surface area contributed by atoms with Gasteiger partial charge in [-0.1, -0.05) is 34.1 Å². The predicted octanol–water partition coefficient (Wildman–Crippen LogP) is 1.16. The smallest absolute Gasteiger partial charge is 0.338 e. The molecule has 0 bridgehead atoms. The molecule has 94 valence electrons. The Labute approximate surface area is 96.0 Å². The van der Waals surface area contributed by atoms with Gasteiger partial charge in [0.2, 0.25) is 5.54 Å². The SMILES string of the molecule is CCCCOC(=O)C(N)(C(=O)O)C(C)(C)C. The highest BCUT2D eigenvalue weighted by atomic mass is 16.5. The molecule has 0 aliphatic rings. The molecule has 1 atom stereocenters. The maximum absolute atomic E-state index is 11.7. The summed E-state index contributed by atoms with van der Waals surface area (Å²) < 4.78 is 4.89. The van der Waals surface area contributed by atoms with Gasteiger partial charge in [0.1, 0.15) is 0 Å². The van der Waals surface area contributed by atoms with Gasteiger partial charge >= 0.3 is 11.9 Å². The van der Waals surface area contributed by atoms with Crippen LogP contribution in [-0.2, 0) is 14.3 Å². The number of unbranched alkanes of at least 4 members (excludes halogenated alkanes) is 1. The van der Waals surface area contributed by atoms with E-state index in [2.05, 4.69) is 0 Å². The van der Waals surface area contributed by atoms with E-state index < -0.39 is 22.9 Å². The number of carboxylic acid groups (broad SMARTS) is 1. The number of nitrogens with two attached hydrogens (primary N) is 1. The van der Waals surface area contributed by atoms with E-state index in [1.165, 1.54) is 0 Å². The minimum Gasteiger partial charge on any atom is -0.479 e. The Hall–Kier alpha value is -1.10. The standard InChI is InChI=1S/C11H21NO4/c1-5-6-7-16-9(15)11(12,8(13)14)10(2,3)4/h5-7,12H2,1-4H3,(H,13,14). The summed E-state index contributed by atoms with van der Waals surface area (Å²) in [6.07, 6.45) is 1.57. The van der Waals surface area contributed by atoms with E-state index in [0.29, 0.717) is 6.42 Å². The van der Waals surface area contributed by atoms with Crippen molar-refractivity contribution in [1.29, 1.82) is 0 Å². The first-order valence-corrected chi connectivity index (χ1v) is 5.37. The van der Waals surface area contributed by atoms with Gasteiger partial charge in [0, 0.05) is 5.41 Å². The van der Waals surface area contributed by atoms with Crippen LogP contribution in [0.25, 0.3) is 0 Å². The van der Waals surface area contributed by atoms with Crippen molar-refractivity contribution in [2.75, 3.05) is 6.61 Å². The van der Waals surface area contributed by atoms with Crippen LogP contribution in [0.4, 0.5) is 0 Å². The average molecular weight is 231 g/mol. The Balaban J connectivity index is 4.80. The normalized spacial score (nSPS) is 15.3. The Morgan fingerprint density at radius 1 is 1.31 bits per heavy atom. The largest absolute Gasteiger partial charge is 0.479 e. The van der Waals surface area contributed by atoms with Gasteiger partial charge in [0.25, 0.3) is 0 Å². The third-order valence-corrected chi connectivity index (χ3v) is 2.57. The number of hydrogen-bond donors (Lipinski definition) is 2. The van der Waals surface area contributed by atoms with Crippen LogP contribution in [0.1, 0.15) is 40.5 Å². The van der Waals surface area contributed by atoms with Gasteiger partial charge in [-0.15, -0.1) is 0 Å². The zero-order valence-corrected chi connectivity index (χ0v) is 10.4. The van der Waals surface area contributed by atoms with E-state index >= 15 is 0 Å². The molecule has 0 radical (unpaired) electrons. The third kappa shape index (κ3) is 2.95. The molecule has 5 heteroatoms. The summed E-state index contributed by atoms with van der Waals surface area (Å²) in [7, 11) is 0. The second-order valence-electron chi connectivity index (χ2n) is 4.85. The van der Waals surface area contributed by atoms with Crippen LogP contribution in [0.5, 0.6) is 0 Å². The van der Waals surface area contributed by atoms with E-state index in [4.69, 9.17) is 15.6 Å². The molecule has 0 saturated carbocycles. The van der Waals surface area contributed by atoms with Crippen molar-refractivity contribution in [3.8, 4) is 0 Å². The Morgan fingerprint density at radius 2 is 1.81 bits per heavy atom. The average Bonchev–Trinajstić information content (AvgIpc) is 2.14. The summed E-state index contributed by atoms with van der Waals surface area (Å²) in [5.74, 6) is -2.23. The molecule has 3 N–H and O–H groups in total. The number of carbonyl (C=O) groups is 2. The van der Waals surface area contributed by atoms with Gasteiger partial charge in [0.05, 0.1) is 6.61 Å². The van der Waals surface area contributed by atoms with Crippen molar-refractivity contribution in [1.82, 2.24) is 0 Å². The molecule has 0 heterocycles. The summed E-state index contributed by atoms with van der Waals surface area (Å²) in [6, 6.07) is 0. The van der Waals surface area contributed by atoms with E-state index in [1.807, 2.05) is 6.92 Å². The molecule has 5 nitrogen and oxygen atoms in total. The van der Waals surface area contributed by atoms with Crippen molar-refractivity contribution >= 4 is 11.9 Å². The van der Waals surface area contributed by atoms with Crippen molar-refractivity contribution in [3.63, 3.8) is 0 Å². The lowest BCUT2D eigenvalue weighted by Crippen LogP contribution is -2.64. The second kappa shape index (κ2) is 5.30. The first-order valence-electron chi connectivity index (χ1n) is 5.37. The Bertz CT molecular complexity index is 270. The zero-order valence-electron chi connectivity index (χ0n) is 10.4. The summed E-state index contributed by atoms with van der Waals surface area (Å²) in [5, 5.41) is 9.07. The number of esters is 1. The number of rotatable bonds is 5. The van der Waals surface area contributed by atoms with Gasteiger partial charge in [-0.3, -0.25) is 0 Å². The van der Waals surface area contributed by atoms with Crippen LogP contribution in [0.15, 0.2) is 0 Å². The van der Waals surface area contributed by atoms with Gasteiger partial charge < -0.3 is 15.6 Å². The highest BCUT2D eigenvalue weighted by Crippen LogP contribution is 2.29. The first kappa shape index (κ1) is 14.9. The molecule has 0 aromatic heterocycles. The van der Waals surface area contributed by atoms with E-state index in [9.17, 15) is 9.59 Å². The van der Waals surface area contributed by atoms with Gasteiger partial charge in [-0.05, 0) is 6.42 Å². The molecule has 0 amide bonds. The fraction of sp³-hybridized carbons (Fsp3) is 0.818. The predicted molar refractivity (Wildman–Crippen MR) is 59.9 cm³/mol. The van der Waals surface area contributed by atoms with Gasteiger partial charge in [-0.25, -0.2) is 9.59 Å². The minimum absolute atomic E-state index is 0.206. The molecule has 0 fully saturated rings. The second-order valence-corrected chi connectivity index (χ2v) is 4.85. The van der Waals surface area contributed by atoms with Crippen LogP contribution in [0.2, 0.25) is 0 Å². The van der Waals surface area contributed by atoms with Crippen molar-refractivity contribution in [2.24, 2.45) is 11.1 Å². The molecular formula is C11H21NO4. The third-order valence-electron chi connectivity index (χ3n) is 2.57. The number of hydrogen-bond acceptors (Lipinski definition) is 4. The quantitative estimate of drug-likeness (QED) is 0.421. The summed E-state index contributed by atoms with van der Waals surface area (Å²) in [4.78, 5) is 22.8. The molecule has 16 heavy (non-hydrogen) atoms. The van der Waals surface area contributed by atoms with E-state index in [-0.39, 0.29) is 6.61 Å². The molecule has 0 aromatic rings. The highest BCUT2D eigenvalue weighted by Gasteiger charge is 2.53. The number of aliphatic carboxylic acids is 1. The van der Waals surface area contributed by atoms with E-state index in [0.717, 1.165) is 6.42 Å². The lowest BCUT2D eigenvalue weighted by molar-refractivity contribution is -0.167. The number of carboxylic acids is 1. The molecular weight excluding hydrogens is 210 g/mol.